The summed E-state index contributed by atoms with van der Waals surface area (Å²) < 4.78 is 0. The van der Waals surface area contributed by atoms with Crippen LogP contribution < -0.4 is 10.6 Å². The summed E-state index contributed by atoms with van der Waals surface area (Å²) >= 11 is 3.58. The number of nitrogens with one attached hydrogen (secondary N) is 2. The number of rotatable bonds is 12. The van der Waals surface area contributed by atoms with Crippen LogP contribution in [0.3, 0.4) is 0 Å². The van der Waals surface area contributed by atoms with Gasteiger partial charge in [-0.05, 0) is 25.1 Å². The number of carbonyl (C=O) groups excluding carboxylic acids is 2. The summed E-state index contributed by atoms with van der Waals surface area (Å²) in [5.41, 5.74) is -0.922. The number of hydrogen-bond acceptors (Lipinski definition) is 5. The Kier molecular flexibility index (Phi) is 7.97. The quantitative estimate of drug-likeness (QED) is 0.239. The van der Waals surface area contributed by atoms with E-state index >= 15 is 0 Å². The van der Waals surface area contributed by atoms with Crippen molar-refractivity contribution in [2.45, 2.75) is 63.4 Å². The first-order valence-corrected chi connectivity index (χ1v) is 11.0. The first-order chi connectivity index (χ1) is 11.7. The van der Waals surface area contributed by atoms with Crippen molar-refractivity contribution < 1.29 is 9.59 Å². The Hall–Kier alpha value is -0.660. The standard InChI is InChI=1S/C17H29N3O2S2/c1-3-5-7-9-18-17(19-13-21)15(22)20-11-14(12-24-16(17)20)23-10-8-6-4-2/h11,13,16,18H,3-10,12H2,1-2H3,(H,19,21)/t16-,17-/m0/s1. The normalized spacial score (nSPS) is 25.8. The van der Waals surface area contributed by atoms with E-state index < -0.39 is 5.66 Å². The maximum Gasteiger partial charge on any atom is 0.271 e. The number of unbranched alkanes of at least 4 members (excludes halogenated alkanes) is 4. The van der Waals surface area contributed by atoms with Gasteiger partial charge in [-0.25, -0.2) is 0 Å². The molecule has 0 aromatic rings. The predicted octanol–water partition coefficient (Wildman–Crippen LogP) is 2.89. The number of nitrogens with zero attached hydrogens (tertiary/aromatic N) is 1. The molecule has 2 heterocycles. The van der Waals surface area contributed by atoms with E-state index in [9.17, 15) is 9.59 Å². The fourth-order valence-electron chi connectivity index (χ4n) is 2.98. The molecule has 1 saturated heterocycles. The Morgan fingerprint density at radius 1 is 1.33 bits per heavy atom. The molecule has 5 nitrogen and oxygen atoms in total. The summed E-state index contributed by atoms with van der Waals surface area (Å²) in [4.78, 5) is 26.7. The summed E-state index contributed by atoms with van der Waals surface area (Å²) in [5.74, 6) is 1.97. The molecule has 0 aromatic heterocycles. The first-order valence-electron chi connectivity index (χ1n) is 8.93. The van der Waals surface area contributed by atoms with Gasteiger partial charge in [-0.2, -0.15) is 0 Å². The van der Waals surface area contributed by atoms with Crippen LogP contribution in [0.4, 0.5) is 0 Å². The van der Waals surface area contributed by atoms with E-state index in [1.54, 1.807) is 16.7 Å². The topological polar surface area (TPSA) is 61.4 Å². The Morgan fingerprint density at radius 2 is 2.08 bits per heavy atom. The van der Waals surface area contributed by atoms with Gasteiger partial charge in [0.15, 0.2) is 0 Å². The third-order valence-corrected chi connectivity index (χ3v) is 7.04. The second kappa shape index (κ2) is 9.73. The summed E-state index contributed by atoms with van der Waals surface area (Å²) in [6, 6.07) is 0. The zero-order valence-electron chi connectivity index (χ0n) is 14.7. The summed E-state index contributed by atoms with van der Waals surface area (Å²) in [7, 11) is 0. The van der Waals surface area contributed by atoms with Crippen molar-refractivity contribution >= 4 is 35.8 Å². The molecule has 1 fully saturated rings. The molecule has 0 aromatic carbocycles. The lowest BCUT2D eigenvalue weighted by Gasteiger charge is -2.55. The summed E-state index contributed by atoms with van der Waals surface area (Å²) in [5, 5.41) is 6.01. The van der Waals surface area contributed by atoms with E-state index in [-0.39, 0.29) is 11.3 Å². The van der Waals surface area contributed by atoms with Crippen LogP contribution in [0, 0.1) is 0 Å². The molecular formula is C17H29N3O2S2. The van der Waals surface area contributed by atoms with E-state index in [2.05, 4.69) is 24.5 Å². The molecule has 2 N–H and O–H groups in total. The molecule has 136 valence electrons. The summed E-state index contributed by atoms with van der Waals surface area (Å²) in [6.07, 6.45) is 9.60. The van der Waals surface area contributed by atoms with E-state index in [0.29, 0.717) is 6.41 Å². The van der Waals surface area contributed by atoms with E-state index in [1.807, 2.05) is 18.0 Å². The largest absolute Gasteiger partial charge is 0.330 e. The molecule has 24 heavy (non-hydrogen) atoms. The lowest BCUT2D eigenvalue weighted by molar-refractivity contribution is -0.155. The average Bonchev–Trinajstić information content (AvgIpc) is 2.61. The average molecular weight is 372 g/mol. The fraction of sp³-hybridized carbons (Fsp3) is 0.765. The third-order valence-electron chi connectivity index (χ3n) is 4.37. The number of thioether (sulfide) groups is 2. The smallest absolute Gasteiger partial charge is 0.271 e. The lowest BCUT2D eigenvalue weighted by atomic mass is 9.98. The second-order valence-corrected chi connectivity index (χ2v) is 8.52. The molecule has 0 unspecified atom stereocenters. The Bertz CT molecular complexity index is 473. The van der Waals surface area contributed by atoms with Gasteiger partial charge >= 0.3 is 0 Å². The van der Waals surface area contributed by atoms with Gasteiger partial charge in [0, 0.05) is 16.9 Å². The highest BCUT2D eigenvalue weighted by atomic mass is 32.2. The number of amides is 2. The van der Waals surface area contributed by atoms with Crippen molar-refractivity contribution in [3.05, 3.63) is 11.1 Å². The Morgan fingerprint density at radius 3 is 2.79 bits per heavy atom. The molecular weight excluding hydrogens is 342 g/mol. The second-order valence-electron chi connectivity index (χ2n) is 6.23. The minimum absolute atomic E-state index is 0.0446. The van der Waals surface area contributed by atoms with Gasteiger partial charge in [-0.15, -0.1) is 23.5 Å². The van der Waals surface area contributed by atoms with Crippen LogP contribution in [0.2, 0.25) is 0 Å². The van der Waals surface area contributed by atoms with Crippen molar-refractivity contribution in [3.8, 4) is 0 Å². The molecule has 2 atom stereocenters. The van der Waals surface area contributed by atoms with Gasteiger partial charge in [0.05, 0.1) is 0 Å². The molecule has 2 amide bonds. The van der Waals surface area contributed by atoms with Gasteiger partial charge in [0.25, 0.3) is 5.91 Å². The van der Waals surface area contributed by atoms with Crippen molar-refractivity contribution in [1.82, 2.24) is 15.5 Å². The van der Waals surface area contributed by atoms with Crippen LogP contribution in [0.1, 0.15) is 52.4 Å². The number of carbonyl (C=O) groups is 2. The molecule has 0 aliphatic carbocycles. The lowest BCUT2D eigenvalue weighted by Crippen LogP contribution is -2.83. The van der Waals surface area contributed by atoms with Crippen LogP contribution in [0.25, 0.3) is 0 Å². The molecule has 2 aliphatic heterocycles. The molecule has 0 saturated carbocycles. The maximum atomic E-state index is 12.7. The van der Waals surface area contributed by atoms with Crippen molar-refractivity contribution in [3.63, 3.8) is 0 Å². The highest BCUT2D eigenvalue weighted by Gasteiger charge is 2.61. The monoisotopic (exact) mass is 371 g/mol. The zero-order chi connectivity index (χ0) is 17.4. The maximum absolute atomic E-state index is 12.7. The number of hydrogen-bond donors (Lipinski definition) is 2. The minimum Gasteiger partial charge on any atom is -0.330 e. The SMILES string of the molecule is CCCCCN[C@]1(NC=O)C(=O)N2C=C(SCCCCC)CS[C@H]21. The van der Waals surface area contributed by atoms with Crippen molar-refractivity contribution in [2.75, 3.05) is 18.1 Å². The molecule has 2 rings (SSSR count). The molecule has 2 aliphatic rings. The summed E-state index contributed by atoms with van der Waals surface area (Å²) in [6.45, 7) is 5.10. The molecule has 0 bridgehead atoms. The van der Waals surface area contributed by atoms with Crippen LogP contribution in [0.5, 0.6) is 0 Å². The van der Waals surface area contributed by atoms with Gasteiger partial charge in [0.2, 0.25) is 12.1 Å². The van der Waals surface area contributed by atoms with Gasteiger partial charge < -0.3 is 5.32 Å². The third kappa shape index (κ3) is 4.29. The van der Waals surface area contributed by atoms with Gasteiger partial charge in [-0.1, -0.05) is 39.5 Å². The van der Waals surface area contributed by atoms with E-state index in [1.165, 1.54) is 24.2 Å². The molecule has 0 radical (unpaired) electrons. The van der Waals surface area contributed by atoms with Crippen LogP contribution in [0.15, 0.2) is 11.1 Å². The minimum atomic E-state index is -0.922. The molecule has 0 spiro atoms. The molecule has 7 heteroatoms. The fourth-order valence-corrected chi connectivity index (χ4v) is 5.53. The highest BCUT2D eigenvalue weighted by molar-refractivity contribution is 8.06. The Labute approximate surface area is 153 Å². The van der Waals surface area contributed by atoms with Crippen molar-refractivity contribution in [1.29, 1.82) is 0 Å². The van der Waals surface area contributed by atoms with Gasteiger partial charge in [0.1, 0.15) is 5.37 Å². The highest BCUT2D eigenvalue weighted by Crippen LogP contribution is 2.43. The van der Waals surface area contributed by atoms with E-state index in [0.717, 1.165) is 37.3 Å². The zero-order valence-corrected chi connectivity index (χ0v) is 16.3. The van der Waals surface area contributed by atoms with Crippen LogP contribution in [-0.4, -0.2) is 46.3 Å². The van der Waals surface area contributed by atoms with E-state index in [4.69, 9.17) is 0 Å². The van der Waals surface area contributed by atoms with Crippen LogP contribution in [-0.2, 0) is 9.59 Å². The number of fused-ring (bicyclic) bond motifs is 1. The van der Waals surface area contributed by atoms with Crippen LogP contribution >= 0.6 is 23.5 Å². The number of β-lactam (4-membered cyclic amide) rings is 1. The van der Waals surface area contributed by atoms with Gasteiger partial charge in [-0.3, -0.25) is 19.8 Å². The predicted molar refractivity (Wildman–Crippen MR) is 103 cm³/mol. The Balaban J connectivity index is 1.92. The van der Waals surface area contributed by atoms with Crippen molar-refractivity contribution in [2.24, 2.45) is 0 Å². The first kappa shape index (κ1) is 19.7.